The molecule has 0 fully saturated rings. The van der Waals surface area contributed by atoms with Crippen LogP contribution in [-0.4, -0.2) is 17.0 Å². The van der Waals surface area contributed by atoms with Crippen molar-refractivity contribution in [1.29, 1.82) is 0 Å². The van der Waals surface area contributed by atoms with Gasteiger partial charge in [-0.05, 0) is 13.1 Å². The van der Waals surface area contributed by atoms with Crippen molar-refractivity contribution >= 4 is 11.3 Å². The molecule has 2 aromatic rings. The van der Waals surface area contributed by atoms with Crippen LogP contribution in [0.1, 0.15) is 5.01 Å². The molecule has 2 aromatic heterocycles. The summed E-state index contributed by atoms with van der Waals surface area (Å²) in [6.45, 7) is 0.842. The van der Waals surface area contributed by atoms with Crippen molar-refractivity contribution in [3.8, 4) is 11.3 Å². The highest BCUT2D eigenvalue weighted by molar-refractivity contribution is 7.09. The van der Waals surface area contributed by atoms with Crippen molar-refractivity contribution in [2.24, 2.45) is 0 Å². The van der Waals surface area contributed by atoms with E-state index in [4.69, 9.17) is 0 Å². The molecule has 13 heavy (non-hydrogen) atoms. The van der Waals surface area contributed by atoms with Gasteiger partial charge in [-0.3, -0.25) is 0 Å². The number of hydrogen-bond donors (Lipinski definition) is 2. The molecule has 0 saturated heterocycles. The van der Waals surface area contributed by atoms with Crippen molar-refractivity contribution in [1.82, 2.24) is 15.3 Å². The standard InChI is InChI=1S/C9H11N3S/c1-10-5-9-12-8(6-13-9)7-2-3-11-4-7/h2-4,6,10-11H,5H2,1H3. The minimum atomic E-state index is 0.842. The van der Waals surface area contributed by atoms with Crippen molar-refractivity contribution in [3.63, 3.8) is 0 Å². The van der Waals surface area contributed by atoms with Crippen LogP contribution >= 0.6 is 11.3 Å². The Morgan fingerprint density at radius 1 is 1.62 bits per heavy atom. The lowest BCUT2D eigenvalue weighted by atomic mass is 10.3. The molecular weight excluding hydrogens is 182 g/mol. The third kappa shape index (κ3) is 1.79. The Balaban J connectivity index is 2.23. The molecule has 0 amide bonds. The second-order valence-corrected chi connectivity index (χ2v) is 3.70. The van der Waals surface area contributed by atoms with Gasteiger partial charge in [0.25, 0.3) is 0 Å². The van der Waals surface area contributed by atoms with E-state index in [1.807, 2.05) is 25.5 Å². The van der Waals surface area contributed by atoms with Gasteiger partial charge in [0, 0.05) is 29.9 Å². The van der Waals surface area contributed by atoms with Crippen LogP contribution in [-0.2, 0) is 6.54 Å². The fraction of sp³-hybridized carbons (Fsp3) is 0.222. The van der Waals surface area contributed by atoms with Crippen LogP contribution in [0.25, 0.3) is 11.3 Å². The van der Waals surface area contributed by atoms with E-state index in [1.54, 1.807) is 11.3 Å². The summed E-state index contributed by atoms with van der Waals surface area (Å²) in [5.41, 5.74) is 2.20. The minimum Gasteiger partial charge on any atom is -0.367 e. The normalized spacial score (nSPS) is 10.5. The van der Waals surface area contributed by atoms with Crippen LogP contribution in [0.5, 0.6) is 0 Å². The molecule has 0 unspecified atom stereocenters. The molecule has 0 saturated carbocycles. The molecule has 0 bridgehead atoms. The first kappa shape index (κ1) is 8.47. The molecule has 2 rings (SSSR count). The number of H-pyrrole nitrogens is 1. The molecule has 68 valence electrons. The predicted molar refractivity (Wildman–Crippen MR) is 54.7 cm³/mol. The maximum Gasteiger partial charge on any atom is 0.107 e. The Morgan fingerprint density at radius 3 is 3.23 bits per heavy atom. The highest BCUT2D eigenvalue weighted by Crippen LogP contribution is 2.20. The van der Waals surface area contributed by atoms with Gasteiger partial charge in [0.2, 0.25) is 0 Å². The molecule has 0 aliphatic heterocycles. The smallest absolute Gasteiger partial charge is 0.107 e. The van der Waals surface area contributed by atoms with E-state index in [1.165, 1.54) is 0 Å². The van der Waals surface area contributed by atoms with Crippen LogP contribution in [0.3, 0.4) is 0 Å². The lowest BCUT2D eigenvalue weighted by Gasteiger charge is -1.91. The van der Waals surface area contributed by atoms with E-state index in [0.717, 1.165) is 22.8 Å². The number of aromatic nitrogens is 2. The lowest BCUT2D eigenvalue weighted by molar-refractivity contribution is 0.811. The zero-order chi connectivity index (χ0) is 9.10. The molecular formula is C9H11N3S. The fourth-order valence-corrected chi connectivity index (χ4v) is 1.97. The molecule has 0 aliphatic rings. The van der Waals surface area contributed by atoms with Gasteiger partial charge in [0.05, 0.1) is 5.69 Å². The summed E-state index contributed by atoms with van der Waals surface area (Å²) < 4.78 is 0. The molecule has 0 atom stereocenters. The zero-order valence-corrected chi connectivity index (χ0v) is 8.19. The van der Waals surface area contributed by atoms with Gasteiger partial charge in [-0.25, -0.2) is 4.98 Å². The number of nitrogens with one attached hydrogen (secondary N) is 2. The molecule has 4 heteroatoms. The number of nitrogens with zero attached hydrogens (tertiary/aromatic N) is 1. The summed E-state index contributed by atoms with van der Waals surface area (Å²) in [5, 5.41) is 6.29. The molecule has 0 aliphatic carbocycles. The number of thiazole rings is 1. The highest BCUT2D eigenvalue weighted by Gasteiger charge is 2.03. The average Bonchev–Trinajstić information content (AvgIpc) is 2.70. The Bertz CT molecular complexity index is 364. The highest BCUT2D eigenvalue weighted by atomic mass is 32.1. The van der Waals surface area contributed by atoms with E-state index in [2.05, 4.69) is 20.7 Å². The van der Waals surface area contributed by atoms with Crippen LogP contribution in [0, 0.1) is 0 Å². The van der Waals surface area contributed by atoms with E-state index >= 15 is 0 Å². The molecule has 0 spiro atoms. The summed E-state index contributed by atoms with van der Waals surface area (Å²) in [6.07, 6.45) is 3.87. The largest absolute Gasteiger partial charge is 0.367 e. The monoisotopic (exact) mass is 193 g/mol. The van der Waals surface area contributed by atoms with Crippen LogP contribution in [0.4, 0.5) is 0 Å². The van der Waals surface area contributed by atoms with E-state index < -0.39 is 0 Å². The summed E-state index contributed by atoms with van der Waals surface area (Å²) in [4.78, 5) is 7.50. The van der Waals surface area contributed by atoms with Crippen molar-refractivity contribution in [3.05, 3.63) is 28.8 Å². The quantitative estimate of drug-likeness (QED) is 0.781. The van der Waals surface area contributed by atoms with Crippen LogP contribution < -0.4 is 5.32 Å². The topological polar surface area (TPSA) is 40.7 Å². The number of aromatic amines is 1. The third-order valence-corrected chi connectivity index (χ3v) is 2.62. The average molecular weight is 193 g/mol. The first-order chi connectivity index (χ1) is 6.40. The second-order valence-electron chi connectivity index (χ2n) is 2.76. The third-order valence-electron chi connectivity index (χ3n) is 1.77. The SMILES string of the molecule is CNCc1nc(-c2cc[nH]c2)cs1. The molecule has 0 aromatic carbocycles. The summed E-state index contributed by atoms with van der Waals surface area (Å²) in [7, 11) is 1.93. The molecule has 3 nitrogen and oxygen atoms in total. The second kappa shape index (κ2) is 3.72. The Hall–Kier alpha value is -1.13. The maximum absolute atomic E-state index is 4.48. The van der Waals surface area contributed by atoms with Crippen LogP contribution in [0.2, 0.25) is 0 Å². The van der Waals surface area contributed by atoms with Gasteiger partial charge in [-0.15, -0.1) is 11.3 Å². The zero-order valence-electron chi connectivity index (χ0n) is 7.37. The molecule has 2 heterocycles. The Morgan fingerprint density at radius 2 is 2.54 bits per heavy atom. The first-order valence-corrected chi connectivity index (χ1v) is 5.00. The molecule has 0 radical (unpaired) electrons. The first-order valence-electron chi connectivity index (χ1n) is 4.12. The maximum atomic E-state index is 4.48. The summed E-state index contributed by atoms with van der Waals surface area (Å²) in [6, 6.07) is 2.03. The van der Waals surface area contributed by atoms with Gasteiger partial charge in [-0.2, -0.15) is 0 Å². The van der Waals surface area contributed by atoms with Crippen molar-refractivity contribution in [2.75, 3.05) is 7.05 Å². The predicted octanol–water partition coefficient (Wildman–Crippen LogP) is 1.86. The van der Waals surface area contributed by atoms with E-state index in [9.17, 15) is 0 Å². The fourth-order valence-electron chi connectivity index (χ4n) is 1.16. The summed E-state index contributed by atoms with van der Waals surface area (Å²) >= 11 is 1.68. The molecule has 2 N–H and O–H groups in total. The Kier molecular flexibility index (Phi) is 2.42. The lowest BCUT2D eigenvalue weighted by Crippen LogP contribution is -2.04. The van der Waals surface area contributed by atoms with Gasteiger partial charge in [-0.1, -0.05) is 0 Å². The minimum absolute atomic E-state index is 0.842. The van der Waals surface area contributed by atoms with Crippen molar-refractivity contribution < 1.29 is 0 Å². The van der Waals surface area contributed by atoms with Gasteiger partial charge in [0.1, 0.15) is 5.01 Å². The van der Waals surface area contributed by atoms with Gasteiger partial charge >= 0.3 is 0 Å². The van der Waals surface area contributed by atoms with Gasteiger partial charge in [0.15, 0.2) is 0 Å². The van der Waals surface area contributed by atoms with Gasteiger partial charge < -0.3 is 10.3 Å². The van der Waals surface area contributed by atoms with E-state index in [-0.39, 0.29) is 0 Å². The number of hydrogen-bond acceptors (Lipinski definition) is 3. The summed E-state index contributed by atoms with van der Waals surface area (Å²) in [5.74, 6) is 0. The van der Waals surface area contributed by atoms with Crippen LogP contribution in [0.15, 0.2) is 23.8 Å². The van der Waals surface area contributed by atoms with Crippen molar-refractivity contribution in [2.45, 2.75) is 6.54 Å². The van der Waals surface area contributed by atoms with E-state index in [0.29, 0.717) is 0 Å². The number of rotatable bonds is 3. The Labute approximate surface area is 80.8 Å².